The van der Waals surface area contributed by atoms with Crippen molar-refractivity contribution in [3.63, 3.8) is 0 Å². The first-order valence-electron chi connectivity index (χ1n) is 6.21. The third kappa shape index (κ3) is 3.78. The van der Waals surface area contributed by atoms with Crippen LogP contribution in [0, 0.1) is 0 Å². The molecule has 2 nitrogen and oxygen atoms in total. The number of aliphatic hydroxyl groups excluding tert-OH is 1. The van der Waals surface area contributed by atoms with Gasteiger partial charge in [0.1, 0.15) is 11.7 Å². The predicted octanol–water partition coefficient (Wildman–Crippen LogP) is 4.19. The van der Waals surface area contributed by atoms with E-state index in [9.17, 15) is 5.11 Å². The number of rotatable bonds is 4. The van der Waals surface area contributed by atoms with Crippen molar-refractivity contribution in [1.82, 2.24) is 0 Å². The van der Waals surface area contributed by atoms with Crippen LogP contribution in [0.15, 0.2) is 54.6 Å². The summed E-state index contributed by atoms with van der Waals surface area (Å²) in [5.41, 5.74) is -0.0399. The monoisotopic (exact) mass is 332 g/mol. The summed E-state index contributed by atoms with van der Waals surface area (Å²) in [5, 5.41) is 10.3. The first-order chi connectivity index (χ1) is 9.44. The summed E-state index contributed by atoms with van der Waals surface area (Å²) in [4.78, 5) is 0. The van der Waals surface area contributed by atoms with E-state index in [0.717, 1.165) is 5.56 Å². The van der Waals surface area contributed by atoms with Gasteiger partial charge in [-0.2, -0.15) is 0 Å². The van der Waals surface area contributed by atoms with Gasteiger partial charge < -0.3 is 9.84 Å². The predicted molar refractivity (Wildman–Crippen MR) is 83.2 cm³/mol. The molecule has 2 unspecified atom stereocenters. The van der Waals surface area contributed by atoms with Gasteiger partial charge in [0, 0.05) is 6.42 Å². The molecule has 0 spiro atoms. The number of hydrogen-bond donors (Lipinski definition) is 1. The fourth-order valence-corrected chi connectivity index (χ4v) is 2.63. The van der Waals surface area contributed by atoms with E-state index in [1.807, 2.05) is 42.5 Å². The molecule has 1 N–H and O–H groups in total. The maximum atomic E-state index is 10.3. The number of ether oxygens (including phenoxy) is 1. The molecular weight excluding hydrogens is 319 g/mol. The summed E-state index contributed by atoms with van der Waals surface area (Å²) in [5.74, 6) is 0. The van der Waals surface area contributed by atoms with E-state index in [-0.39, 0.29) is 0 Å². The highest BCUT2D eigenvalue weighted by Crippen LogP contribution is 2.41. The topological polar surface area (TPSA) is 29.5 Å². The number of hydrogen-bond acceptors (Lipinski definition) is 2. The first-order valence-corrected chi connectivity index (χ1v) is 7.34. The van der Waals surface area contributed by atoms with Crippen molar-refractivity contribution in [2.45, 2.75) is 28.5 Å². The van der Waals surface area contributed by atoms with Crippen LogP contribution in [0.25, 0.3) is 0 Å². The molecule has 2 rings (SSSR count). The minimum Gasteiger partial charge on any atom is -0.385 e. The fourth-order valence-electron chi connectivity index (χ4n) is 2.07. The quantitative estimate of drug-likeness (QED) is 0.837. The summed E-state index contributed by atoms with van der Waals surface area (Å²) in [6, 6.07) is 9.66. The lowest BCUT2D eigenvalue weighted by atomic mass is 9.89. The Kier molecular flexibility index (Phi) is 5.16. The van der Waals surface area contributed by atoms with Crippen LogP contribution in [0.2, 0.25) is 0 Å². The van der Waals surface area contributed by atoms with Gasteiger partial charge in [0.25, 0.3) is 0 Å². The molecule has 0 radical (unpaired) electrons. The van der Waals surface area contributed by atoms with Crippen LogP contribution in [-0.4, -0.2) is 20.6 Å². The SMILES string of the molecule is OC(C(Cl)(Cl)Cl)C1(OCc2ccccc2)C=CC=CC1. The van der Waals surface area contributed by atoms with Crippen molar-refractivity contribution in [1.29, 1.82) is 0 Å². The zero-order valence-electron chi connectivity index (χ0n) is 10.7. The van der Waals surface area contributed by atoms with Gasteiger partial charge in [0.2, 0.25) is 3.79 Å². The molecule has 1 aliphatic rings. The van der Waals surface area contributed by atoms with E-state index in [4.69, 9.17) is 39.5 Å². The lowest BCUT2D eigenvalue weighted by Crippen LogP contribution is -2.50. The van der Waals surface area contributed by atoms with Crippen molar-refractivity contribution in [2.75, 3.05) is 0 Å². The summed E-state index contributed by atoms with van der Waals surface area (Å²) in [7, 11) is 0. The molecule has 0 heterocycles. The van der Waals surface area contributed by atoms with Crippen molar-refractivity contribution in [2.24, 2.45) is 0 Å². The first kappa shape index (κ1) is 15.9. The van der Waals surface area contributed by atoms with E-state index >= 15 is 0 Å². The van der Waals surface area contributed by atoms with Crippen LogP contribution in [-0.2, 0) is 11.3 Å². The fraction of sp³-hybridized carbons (Fsp3) is 0.333. The Morgan fingerprint density at radius 1 is 1.20 bits per heavy atom. The van der Waals surface area contributed by atoms with Crippen LogP contribution in [0.4, 0.5) is 0 Å². The second-order valence-electron chi connectivity index (χ2n) is 4.66. The summed E-state index contributed by atoms with van der Waals surface area (Å²) >= 11 is 17.5. The summed E-state index contributed by atoms with van der Waals surface area (Å²) in [6.07, 6.45) is 6.46. The largest absolute Gasteiger partial charge is 0.385 e. The Labute approximate surface area is 133 Å². The van der Waals surface area contributed by atoms with Gasteiger partial charge in [0.15, 0.2) is 0 Å². The number of halogens is 3. The highest BCUT2D eigenvalue weighted by atomic mass is 35.6. The minimum atomic E-state index is -1.81. The van der Waals surface area contributed by atoms with Crippen LogP contribution < -0.4 is 0 Å². The molecule has 5 heteroatoms. The molecule has 0 fully saturated rings. The average molecular weight is 334 g/mol. The molecular formula is C15H15Cl3O2. The van der Waals surface area contributed by atoms with Gasteiger partial charge in [-0.25, -0.2) is 0 Å². The van der Waals surface area contributed by atoms with Crippen molar-refractivity contribution in [3.05, 3.63) is 60.2 Å². The number of aliphatic hydroxyl groups is 1. The Morgan fingerprint density at radius 2 is 1.90 bits per heavy atom. The summed E-state index contributed by atoms with van der Waals surface area (Å²) in [6.45, 7) is 0.330. The number of benzene rings is 1. The van der Waals surface area contributed by atoms with Crippen LogP contribution in [0.5, 0.6) is 0 Å². The normalized spacial score (nSPS) is 23.8. The van der Waals surface area contributed by atoms with E-state index in [1.54, 1.807) is 12.2 Å². The molecule has 1 aromatic carbocycles. The molecule has 108 valence electrons. The number of allylic oxidation sites excluding steroid dienone is 2. The van der Waals surface area contributed by atoms with Gasteiger partial charge >= 0.3 is 0 Å². The standard InChI is InChI=1S/C15H15Cl3O2/c16-15(17,18)13(19)14(9-5-2-6-10-14)20-11-12-7-3-1-4-8-12/h1-9,13,19H,10-11H2. The van der Waals surface area contributed by atoms with E-state index in [2.05, 4.69) is 0 Å². The number of alkyl halides is 3. The second kappa shape index (κ2) is 6.50. The molecule has 0 saturated heterocycles. The molecule has 0 bridgehead atoms. The van der Waals surface area contributed by atoms with E-state index in [1.165, 1.54) is 0 Å². The third-order valence-electron chi connectivity index (χ3n) is 3.19. The summed E-state index contributed by atoms with van der Waals surface area (Å²) < 4.78 is 4.09. The Bertz CT molecular complexity index is 494. The lowest BCUT2D eigenvalue weighted by molar-refractivity contribution is -0.0975. The second-order valence-corrected chi connectivity index (χ2v) is 7.03. The van der Waals surface area contributed by atoms with Gasteiger partial charge in [-0.05, 0) is 11.6 Å². The molecule has 1 aliphatic carbocycles. The molecule has 1 aromatic rings. The zero-order valence-corrected chi connectivity index (χ0v) is 12.9. The Hall–Kier alpha value is -0.510. The highest BCUT2D eigenvalue weighted by Gasteiger charge is 2.47. The maximum Gasteiger partial charge on any atom is 0.219 e. The van der Waals surface area contributed by atoms with Crippen molar-refractivity contribution >= 4 is 34.8 Å². The van der Waals surface area contributed by atoms with Crippen LogP contribution in [0.1, 0.15) is 12.0 Å². The molecule has 0 saturated carbocycles. The van der Waals surface area contributed by atoms with Crippen LogP contribution in [0.3, 0.4) is 0 Å². The Balaban J connectivity index is 2.16. The highest BCUT2D eigenvalue weighted by molar-refractivity contribution is 6.68. The lowest BCUT2D eigenvalue weighted by Gasteiger charge is -2.39. The molecule has 0 amide bonds. The zero-order chi connectivity index (χ0) is 14.6. The van der Waals surface area contributed by atoms with Crippen molar-refractivity contribution < 1.29 is 9.84 Å². The molecule has 20 heavy (non-hydrogen) atoms. The van der Waals surface area contributed by atoms with Crippen LogP contribution >= 0.6 is 34.8 Å². The smallest absolute Gasteiger partial charge is 0.219 e. The molecule has 0 aromatic heterocycles. The minimum absolute atomic E-state index is 0.330. The van der Waals surface area contributed by atoms with Gasteiger partial charge in [-0.1, -0.05) is 83.4 Å². The van der Waals surface area contributed by atoms with Gasteiger partial charge in [-0.15, -0.1) is 0 Å². The third-order valence-corrected chi connectivity index (χ3v) is 3.81. The molecule has 2 atom stereocenters. The average Bonchev–Trinajstić information content (AvgIpc) is 2.45. The van der Waals surface area contributed by atoms with E-state index in [0.29, 0.717) is 13.0 Å². The maximum absolute atomic E-state index is 10.3. The van der Waals surface area contributed by atoms with Gasteiger partial charge in [0.05, 0.1) is 6.61 Å². The van der Waals surface area contributed by atoms with Crippen molar-refractivity contribution in [3.8, 4) is 0 Å². The molecule has 0 aliphatic heterocycles. The van der Waals surface area contributed by atoms with E-state index < -0.39 is 15.5 Å². The van der Waals surface area contributed by atoms with Gasteiger partial charge in [-0.3, -0.25) is 0 Å². The Morgan fingerprint density at radius 3 is 2.45 bits per heavy atom.